The highest BCUT2D eigenvalue weighted by molar-refractivity contribution is 6.02. The van der Waals surface area contributed by atoms with E-state index < -0.39 is 41.5 Å². The zero-order valence-corrected chi connectivity index (χ0v) is 73.7. The van der Waals surface area contributed by atoms with Gasteiger partial charge in [-0.1, -0.05) is 187 Å². The van der Waals surface area contributed by atoms with Crippen LogP contribution in [0.5, 0.6) is 0 Å². The second-order valence-electron chi connectivity index (χ2n) is 29.3. The number of benzene rings is 3. The van der Waals surface area contributed by atoms with Gasteiger partial charge in [-0.25, -0.2) is 9.59 Å². The maximum absolute atomic E-state index is 11.9. The number of imide groups is 2. The molecule has 0 atom stereocenters. The van der Waals surface area contributed by atoms with Gasteiger partial charge < -0.3 is 86.6 Å². The third-order valence-electron chi connectivity index (χ3n) is 18.5. The third kappa shape index (κ3) is 68.6. The Morgan fingerprint density at radius 3 is 0.627 bits per heavy atom. The van der Waals surface area contributed by atoms with Crippen molar-refractivity contribution in [2.75, 3.05) is 119 Å². The van der Waals surface area contributed by atoms with Gasteiger partial charge in [0, 0.05) is 89.9 Å². The van der Waals surface area contributed by atoms with E-state index in [1.807, 2.05) is 91.0 Å². The molecule has 34 heteroatoms. The molecule has 0 unspecified atom stereocenters. The molecule has 3 aromatic rings. The molecule has 2 saturated heterocycles. The smallest absolute Gasteiger partial charge is 0.333 e. The fraction of sp³-hybridized carbons (Fsp3) is 0.652. The van der Waals surface area contributed by atoms with Gasteiger partial charge in [-0.05, 0) is 80.9 Å². The van der Waals surface area contributed by atoms with Crippen LogP contribution in [0.4, 0.5) is 0 Å². The van der Waals surface area contributed by atoms with E-state index in [1.165, 1.54) is 0 Å². The Balaban J connectivity index is 0.000000645. The monoisotopic (exact) mass is 1780 g/mol. The van der Waals surface area contributed by atoms with Crippen LogP contribution in [0, 0.1) is 0 Å². The normalized spacial score (nSPS) is 12.0. The van der Waals surface area contributed by atoms with Gasteiger partial charge in [-0.3, -0.25) is 57.5 Å². The van der Waals surface area contributed by atoms with E-state index in [-0.39, 0.29) is 152 Å². The summed E-state index contributed by atoms with van der Waals surface area (Å²) in [5.41, 5.74) is 2.96. The second kappa shape index (κ2) is 79.9. The number of carbonyl (C=O) groups is 14. The van der Waals surface area contributed by atoms with Gasteiger partial charge in [0.1, 0.15) is 46.2 Å². The summed E-state index contributed by atoms with van der Waals surface area (Å²) < 4.78 is 67.6. The fourth-order valence-electron chi connectivity index (χ4n) is 11.6. The van der Waals surface area contributed by atoms with Gasteiger partial charge in [-0.15, -0.1) is 10.1 Å². The van der Waals surface area contributed by atoms with E-state index in [9.17, 15) is 67.1 Å². The first-order valence-corrected chi connectivity index (χ1v) is 44.5. The molecule has 0 aliphatic carbocycles. The highest BCUT2D eigenvalue weighted by Crippen LogP contribution is 2.19. The van der Waals surface area contributed by atoms with Crippen molar-refractivity contribution in [1.29, 1.82) is 0 Å². The summed E-state index contributed by atoms with van der Waals surface area (Å²) in [6.07, 6.45) is 23.5. The van der Waals surface area contributed by atoms with Crippen molar-refractivity contribution in [3.63, 3.8) is 0 Å². The van der Waals surface area contributed by atoms with E-state index >= 15 is 0 Å². The number of carbonyl (C=O) groups excluding carboxylic acids is 13. The molecule has 2 fully saturated rings. The maximum Gasteiger partial charge on any atom is 0.333 e. The Morgan fingerprint density at radius 1 is 0.230 bits per heavy atom. The average molecular weight is 1780 g/mol. The zero-order valence-electron chi connectivity index (χ0n) is 73.7. The predicted octanol–water partition coefficient (Wildman–Crippen LogP) is 12.4. The molecule has 2 aliphatic rings. The number of carboxylic acid groups (broad SMARTS) is 1. The number of rotatable bonds is 73. The highest BCUT2D eigenvalue weighted by Gasteiger charge is 2.34. The van der Waals surface area contributed by atoms with Crippen LogP contribution >= 0.6 is 0 Å². The summed E-state index contributed by atoms with van der Waals surface area (Å²) in [6.45, 7) is 5.72. The lowest BCUT2D eigenvalue weighted by Crippen LogP contribution is -2.31. The van der Waals surface area contributed by atoms with Gasteiger partial charge >= 0.3 is 59.7 Å². The number of nitrogens with zero attached hydrogens (tertiary/aromatic N) is 2. The van der Waals surface area contributed by atoms with Crippen molar-refractivity contribution < 1.29 is 154 Å². The topological polar surface area (TPSA) is 445 Å². The van der Waals surface area contributed by atoms with Gasteiger partial charge in [-0.2, -0.15) is 0 Å². The number of carboxylic acids is 1. The summed E-state index contributed by atoms with van der Waals surface area (Å²) in [5, 5.41) is 26.1. The van der Waals surface area contributed by atoms with E-state index in [4.69, 9.17) is 86.6 Å². The second-order valence-corrected chi connectivity index (χ2v) is 29.3. The van der Waals surface area contributed by atoms with Crippen molar-refractivity contribution in [2.24, 2.45) is 0 Å². The minimum atomic E-state index is -0.741. The molecule has 0 bridgehead atoms. The molecule has 4 amide bonds. The number of hydrogen-bond acceptors (Lipinski definition) is 31. The summed E-state index contributed by atoms with van der Waals surface area (Å²) in [4.78, 5) is 172. The van der Waals surface area contributed by atoms with Crippen molar-refractivity contribution in [3.05, 3.63) is 108 Å². The number of aliphatic hydroxyl groups is 2. The molecule has 0 aromatic heterocycles. The Kier molecular flexibility index (Phi) is 71.3. The molecule has 5 rings (SSSR count). The molecule has 0 radical (unpaired) electrons. The molecule has 3 aromatic carbocycles. The molecule has 0 spiro atoms. The molecular weight excluding hydrogens is 1640 g/mol. The highest BCUT2D eigenvalue weighted by atomic mass is 16.7. The molecule has 708 valence electrons. The van der Waals surface area contributed by atoms with Gasteiger partial charge in [0.25, 0.3) is 23.6 Å². The third-order valence-corrected chi connectivity index (χ3v) is 18.5. The number of ether oxygens (including phenoxy) is 13. The summed E-state index contributed by atoms with van der Waals surface area (Å²) >= 11 is 0. The SMILES string of the molecule is O=C(CCCCCCCC(=O)OCc1ccccc1)OCCOCCOCCOC(=O)CCCCCCCC(=O)OCc1ccccc1.O=C(CCCCCCCC(=O)ON1C(=O)CCC1=O)OCCOCCOCCOC(=O)CCCCCCCC(=O)ON1C(=O)CCC1=O.O=C(O)CCCCCCCC(=O)OCc1ccccc1.OCCOCCOCCO. The average Bonchev–Trinajstić information content (AvgIpc) is 1.74. The number of hydroxylamine groups is 4. The molecule has 0 saturated carbocycles. The lowest BCUT2D eigenvalue weighted by Gasteiger charge is -2.12. The van der Waals surface area contributed by atoms with E-state index in [0.29, 0.717) is 160 Å². The lowest BCUT2D eigenvalue weighted by atomic mass is 10.1. The quantitative estimate of drug-likeness (QED) is 0.0204. The Bertz CT molecular complexity index is 3210. The number of esters is 7. The van der Waals surface area contributed by atoms with E-state index in [0.717, 1.165) is 145 Å². The van der Waals surface area contributed by atoms with Crippen LogP contribution in [-0.4, -0.2) is 228 Å². The van der Waals surface area contributed by atoms with Crippen LogP contribution in [0.1, 0.15) is 267 Å². The Labute approximate surface area is 740 Å². The van der Waals surface area contributed by atoms with Crippen LogP contribution < -0.4 is 0 Å². The van der Waals surface area contributed by atoms with Gasteiger partial charge in [0.2, 0.25) is 0 Å². The standard InChI is InChI=1S/C38H54O10.C32H48N2O14.C16H22O4.C6H14O4/c39-35(21-13-3-1-5-15-23-37(41)47-31-33-17-9-7-10-18-33)45-29-27-43-25-26-44-28-30-46-36(40)22-14-4-2-6-16-24-38(42)48-32-34-19-11-8-12-20-34;35-25-15-16-26(36)33(25)47-31(41)13-9-5-1-3-7-11-29(39)45-23-21-43-19-20-44-22-24-46-30(40)12-8-4-2-6-10-14-32(42)48-34-27(37)17-18-28(34)38;17-15(18)11-7-2-1-3-8-12-16(19)20-13-14-9-5-4-6-10-14;7-1-3-9-5-6-10-4-2-8/h7-12,17-20H,1-6,13-16,21-32H2;1-24H2;4-6,9-10H,1-3,7-8,11-13H2,(H,17,18);7-8H,1-6H2. The van der Waals surface area contributed by atoms with Gasteiger partial charge in [0.05, 0.1) is 92.5 Å². The molecule has 3 N–H and O–H groups in total. The first-order valence-electron chi connectivity index (χ1n) is 44.5. The summed E-state index contributed by atoms with van der Waals surface area (Å²) in [5.74, 6) is -5.56. The van der Waals surface area contributed by atoms with Crippen molar-refractivity contribution in [1.82, 2.24) is 10.1 Å². The largest absolute Gasteiger partial charge is 0.481 e. The van der Waals surface area contributed by atoms with Crippen LogP contribution in [0.25, 0.3) is 0 Å². The van der Waals surface area contributed by atoms with Crippen LogP contribution in [0.3, 0.4) is 0 Å². The number of aliphatic hydroxyl groups excluding tert-OH is 2. The van der Waals surface area contributed by atoms with E-state index in [1.54, 1.807) is 0 Å². The van der Waals surface area contributed by atoms with Crippen molar-refractivity contribution >= 4 is 83.3 Å². The molecule has 2 heterocycles. The van der Waals surface area contributed by atoms with Crippen LogP contribution in [0.2, 0.25) is 0 Å². The minimum Gasteiger partial charge on any atom is -0.481 e. The van der Waals surface area contributed by atoms with Crippen molar-refractivity contribution in [2.45, 2.75) is 270 Å². The summed E-state index contributed by atoms with van der Waals surface area (Å²) in [6, 6.07) is 28.9. The number of unbranched alkanes of at least 4 members (excludes halogenated alkanes) is 20. The van der Waals surface area contributed by atoms with Crippen LogP contribution in [-0.2, 0) is 158 Å². The molecular formula is C92H138N2O32. The predicted molar refractivity (Wildman–Crippen MR) is 455 cm³/mol. The van der Waals surface area contributed by atoms with Gasteiger partial charge in [0.15, 0.2) is 0 Å². The number of amides is 4. The Hall–Kier alpha value is -9.68. The maximum atomic E-state index is 11.9. The first-order chi connectivity index (χ1) is 61.3. The lowest BCUT2D eigenvalue weighted by molar-refractivity contribution is -0.197. The first kappa shape index (κ1) is 112. The van der Waals surface area contributed by atoms with E-state index in [2.05, 4.69) is 0 Å². The van der Waals surface area contributed by atoms with Crippen molar-refractivity contribution in [3.8, 4) is 0 Å². The summed E-state index contributed by atoms with van der Waals surface area (Å²) in [7, 11) is 0. The van der Waals surface area contributed by atoms with Crippen LogP contribution in [0.15, 0.2) is 91.0 Å². The Morgan fingerprint density at radius 2 is 0.413 bits per heavy atom. The fourth-order valence-corrected chi connectivity index (χ4v) is 11.6. The molecule has 2 aliphatic heterocycles. The molecule has 126 heavy (non-hydrogen) atoms. The number of aliphatic carboxylic acids is 1. The zero-order chi connectivity index (χ0) is 91.6. The molecule has 34 nitrogen and oxygen atoms in total. The minimum absolute atomic E-state index is 0.0417. The number of hydrogen-bond donors (Lipinski definition) is 3.